The van der Waals surface area contributed by atoms with Crippen LogP contribution in [0, 0.1) is 13.8 Å². The molecule has 200 valence electrons. The Balaban J connectivity index is 1.56. The SMILES string of the molecule is Cc1cc(C)n(OC(=O)C(ON2C(C)(C)CCCC2(C)C)c2ccc3c(c2)C(=O)c2ccccc2CO3)n1. The molecule has 0 amide bonds. The molecule has 1 atom stereocenters. The number of benzene rings is 2. The van der Waals surface area contributed by atoms with Gasteiger partial charge in [-0.15, -0.1) is 5.10 Å². The Morgan fingerprint density at radius 1 is 1.00 bits per heavy atom. The summed E-state index contributed by atoms with van der Waals surface area (Å²) in [7, 11) is 0. The van der Waals surface area contributed by atoms with Crippen molar-refractivity contribution >= 4 is 11.8 Å². The average molecular weight is 518 g/mol. The van der Waals surface area contributed by atoms with Crippen molar-refractivity contribution in [3.63, 3.8) is 0 Å². The molecule has 1 saturated heterocycles. The fourth-order valence-corrected chi connectivity index (χ4v) is 5.62. The number of carbonyl (C=O) groups is 2. The fraction of sp³-hybridized carbons (Fsp3) is 0.433. The maximum atomic E-state index is 13.7. The van der Waals surface area contributed by atoms with E-state index in [0.29, 0.717) is 34.7 Å². The van der Waals surface area contributed by atoms with Crippen molar-refractivity contribution in [1.29, 1.82) is 0 Å². The summed E-state index contributed by atoms with van der Waals surface area (Å²) in [6, 6.07) is 14.4. The lowest BCUT2D eigenvalue weighted by atomic mass is 9.82. The smallest absolute Gasteiger partial charge is 0.370 e. The van der Waals surface area contributed by atoms with Crippen LogP contribution < -0.4 is 9.57 Å². The van der Waals surface area contributed by atoms with Gasteiger partial charge in [0.15, 0.2) is 5.78 Å². The van der Waals surface area contributed by atoms with Gasteiger partial charge in [-0.05, 0) is 84.6 Å². The van der Waals surface area contributed by atoms with E-state index < -0.39 is 12.1 Å². The zero-order valence-corrected chi connectivity index (χ0v) is 22.9. The van der Waals surface area contributed by atoms with Gasteiger partial charge in [-0.1, -0.05) is 35.2 Å². The van der Waals surface area contributed by atoms with E-state index in [2.05, 4.69) is 32.8 Å². The lowest BCUT2D eigenvalue weighted by molar-refractivity contribution is -0.305. The normalized spacial score (nSPS) is 19.1. The van der Waals surface area contributed by atoms with E-state index >= 15 is 0 Å². The summed E-state index contributed by atoms with van der Waals surface area (Å²) in [5.41, 5.74) is 3.09. The summed E-state index contributed by atoms with van der Waals surface area (Å²) in [4.78, 5) is 40.8. The number of ketones is 1. The fourth-order valence-electron chi connectivity index (χ4n) is 5.62. The van der Waals surface area contributed by atoms with Crippen LogP contribution in [0.2, 0.25) is 0 Å². The Morgan fingerprint density at radius 3 is 2.39 bits per heavy atom. The van der Waals surface area contributed by atoms with Gasteiger partial charge in [0.1, 0.15) is 12.4 Å². The zero-order chi connectivity index (χ0) is 27.2. The van der Waals surface area contributed by atoms with Crippen LogP contribution in [0.4, 0.5) is 0 Å². The number of hydrogen-bond donors (Lipinski definition) is 0. The van der Waals surface area contributed by atoms with Crippen LogP contribution in [0.3, 0.4) is 0 Å². The molecule has 0 spiro atoms. The van der Waals surface area contributed by atoms with Gasteiger partial charge in [-0.3, -0.25) is 9.63 Å². The molecule has 0 N–H and O–H groups in total. The monoisotopic (exact) mass is 517 g/mol. The summed E-state index contributed by atoms with van der Waals surface area (Å²) in [6.45, 7) is 12.4. The molecular weight excluding hydrogens is 482 g/mol. The number of nitrogens with zero attached hydrogens (tertiary/aromatic N) is 3. The number of fused-ring (bicyclic) bond motifs is 2. The van der Waals surface area contributed by atoms with Crippen molar-refractivity contribution < 1.29 is 24.0 Å². The van der Waals surface area contributed by atoms with Crippen molar-refractivity contribution in [2.75, 3.05) is 0 Å². The van der Waals surface area contributed by atoms with Gasteiger partial charge in [-0.2, -0.15) is 5.06 Å². The second-order valence-electron chi connectivity index (χ2n) is 11.5. The lowest BCUT2D eigenvalue weighted by Crippen LogP contribution is -2.59. The second-order valence-corrected chi connectivity index (χ2v) is 11.5. The number of aromatic nitrogens is 2. The topological polar surface area (TPSA) is 82.9 Å². The third-order valence-electron chi connectivity index (χ3n) is 7.44. The molecule has 2 aliphatic heterocycles. The number of piperidine rings is 1. The van der Waals surface area contributed by atoms with Gasteiger partial charge in [-0.25, -0.2) is 4.79 Å². The molecule has 5 rings (SSSR count). The van der Waals surface area contributed by atoms with Gasteiger partial charge < -0.3 is 9.57 Å². The molecule has 2 aromatic carbocycles. The number of hydroxylamine groups is 2. The van der Waals surface area contributed by atoms with Crippen LogP contribution in [0.25, 0.3) is 0 Å². The number of hydrogen-bond acceptors (Lipinski definition) is 7. The molecule has 8 heteroatoms. The maximum absolute atomic E-state index is 13.7. The Morgan fingerprint density at radius 2 is 1.71 bits per heavy atom. The Bertz CT molecular complexity index is 1370. The molecule has 38 heavy (non-hydrogen) atoms. The molecule has 0 bridgehead atoms. The highest BCUT2D eigenvalue weighted by Gasteiger charge is 2.45. The van der Waals surface area contributed by atoms with Gasteiger partial charge in [0.25, 0.3) is 0 Å². The summed E-state index contributed by atoms with van der Waals surface area (Å²) < 4.78 is 5.97. The molecule has 3 aromatic rings. The Labute approximate surface area is 223 Å². The lowest BCUT2D eigenvalue weighted by Gasteiger charge is -2.52. The molecule has 8 nitrogen and oxygen atoms in total. The van der Waals surface area contributed by atoms with E-state index in [-0.39, 0.29) is 16.9 Å². The van der Waals surface area contributed by atoms with Crippen molar-refractivity contribution in [1.82, 2.24) is 15.0 Å². The van der Waals surface area contributed by atoms with E-state index in [0.717, 1.165) is 30.5 Å². The first-order valence-electron chi connectivity index (χ1n) is 13.1. The minimum atomic E-state index is -1.13. The summed E-state index contributed by atoms with van der Waals surface area (Å²) in [5, 5.41) is 6.21. The third kappa shape index (κ3) is 4.86. The van der Waals surface area contributed by atoms with Gasteiger partial charge >= 0.3 is 5.97 Å². The number of rotatable bonds is 5. The van der Waals surface area contributed by atoms with Crippen LogP contribution in [-0.2, 0) is 16.2 Å². The zero-order valence-electron chi connectivity index (χ0n) is 22.9. The molecule has 1 unspecified atom stereocenters. The number of carbonyl (C=O) groups excluding carboxylic acids is 2. The van der Waals surface area contributed by atoms with Crippen molar-refractivity contribution in [3.8, 4) is 5.75 Å². The average Bonchev–Trinajstić information content (AvgIpc) is 3.09. The van der Waals surface area contributed by atoms with Crippen molar-refractivity contribution in [2.24, 2.45) is 0 Å². The maximum Gasteiger partial charge on any atom is 0.370 e. The van der Waals surface area contributed by atoms with Crippen molar-refractivity contribution in [2.45, 2.75) is 84.6 Å². The first-order valence-corrected chi connectivity index (χ1v) is 13.1. The Hall–Kier alpha value is -3.49. The third-order valence-corrected chi connectivity index (χ3v) is 7.44. The standard InChI is InChI=1S/C30H35N3O5/c1-19-16-20(2)32(31-19)38-28(35)27(37-33-29(3,4)14-9-15-30(33,5)6)21-12-13-25-24(17-21)26(34)23-11-8-7-10-22(23)18-36-25/h7-8,10-13,16-17,27H,9,14-15,18H2,1-6H3. The summed E-state index contributed by atoms with van der Waals surface area (Å²) in [6.07, 6.45) is 1.77. The van der Waals surface area contributed by atoms with Gasteiger partial charge in [0.05, 0.1) is 17.0 Å². The molecule has 0 saturated carbocycles. The van der Waals surface area contributed by atoms with Crippen LogP contribution in [0.1, 0.15) is 91.5 Å². The van der Waals surface area contributed by atoms with Crippen LogP contribution in [-0.4, -0.2) is 37.8 Å². The molecule has 0 aliphatic carbocycles. The van der Waals surface area contributed by atoms with Crippen LogP contribution in [0.5, 0.6) is 5.75 Å². The van der Waals surface area contributed by atoms with E-state index in [1.807, 2.05) is 43.2 Å². The van der Waals surface area contributed by atoms with E-state index in [4.69, 9.17) is 14.4 Å². The first kappa shape index (κ1) is 26.1. The predicted octanol–water partition coefficient (Wildman–Crippen LogP) is 5.29. The Kier molecular flexibility index (Phi) is 6.65. The van der Waals surface area contributed by atoms with E-state index in [1.165, 1.54) is 4.85 Å². The molecule has 1 aromatic heterocycles. The van der Waals surface area contributed by atoms with Crippen molar-refractivity contribution in [3.05, 3.63) is 82.2 Å². The summed E-state index contributed by atoms with van der Waals surface area (Å²) >= 11 is 0. The largest absolute Gasteiger partial charge is 0.488 e. The minimum absolute atomic E-state index is 0.153. The van der Waals surface area contributed by atoms with Gasteiger partial charge in [0, 0.05) is 22.2 Å². The first-order chi connectivity index (χ1) is 18.0. The van der Waals surface area contributed by atoms with E-state index in [1.54, 1.807) is 24.3 Å². The highest BCUT2D eigenvalue weighted by atomic mass is 16.7. The van der Waals surface area contributed by atoms with E-state index in [9.17, 15) is 9.59 Å². The second kappa shape index (κ2) is 9.67. The molecule has 3 heterocycles. The quantitative estimate of drug-likeness (QED) is 0.454. The van der Waals surface area contributed by atoms with Crippen LogP contribution in [0.15, 0.2) is 48.5 Å². The number of ether oxygens (including phenoxy) is 1. The number of aryl methyl sites for hydroxylation is 2. The molecule has 0 radical (unpaired) electrons. The van der Waals surface area contributed by atoms with Crippen LogP contribution >= 0.6 is 0 Å². The molecule has 2 aliphatic rings. The highest BCUT2D eigenvalue weighted by Crippen LogP contribution is 2.41. The predicted molar refractivity (Wildman–Crippen MR) is 142 cm³/mol. The minimum Gasteiger partial charge on any atom is -0.488 e. The molecule has 1 fully saturated rings. The highest BCUT2D eigenvalue weighted by molar-refractivity contribution is 6.12. The summed E-state index contributed by atoms with van der Waals surface area (Å²) in [5.74, 6) is -0.311. The van der Waals surface area contributed by atoms with Gasteiger partial charge in [0.2, 0.25) is 6.10 Å². The molecular formula is C30H35N3O5.